The molecule has 0 aliphatic carbocycles. The molecule has 4 saturated heterocycles. The fourth-order valence-corrected chi connectivity index (χ4v) is 8.86. The molecule has 4 aliphatic heterocycles. The molecule has 4 bridgehead atoms. The highest BCUT2D eigenvalue weighted by Crippen LogP contribution is 2.76. The van der Waals surface area contributed by atoms with Crippen LogP contribution < -0.4 is 0 Å². The molecule has 0 aromatic heterocycles. The van der Waals surface area contributed by atoms with Crippen LogP contribution in [0, 0.1) is 0 Å². The summed E-state index contributed by atoms with van der Waals surface area (Å²) in [6.07, 6.45) is 8.32. The second kappa shape index (κ2) is 4.65. The molecule has 0 spiro atoms. The van der Waals surface area contributed by atoms with E-state index in [1.54, 1.807) is 0 Å². The molecule has 4 aliphatic rings. The lowest BCUT2D eigenvalue weighted by atomic mass is 9.98. The third-order valence-electron chi connectivity index (χ3n) is 4.98. The van der Waals surface area contributed by atoms with E-state index in [1.807, 2.05) is 0 Å². The van der Waals surface area contributed by atoms with Crippen LogP contribution in [0.1, 0.15) is 73.1 Å². The molecule has 0 saturated carbocycles. The first-order valence-electron chi connectivity index (χ1n) is 8.11. The van der Waals surface area contributed by atoms with E-state index in [9.17, 15) is 0 Å². The molecule has 4 heterocycles. The molecule has 0 radical (unpaired) electrons. The standard InChI is InChI=1S/C16H29O3P/c1-6-7-8-9-10-20-15(4)11-13(2)17-14(3,19-15)12-16(20,5)18-13/h6-12H2,1-5H3. The van der Waals surface area contributed by atoms with E-state index in [0.29, 0.717) is 0 Å². The Bertz CT molecular complexity index is 353. The van der Waals surface area contributed by atoms with E-state index in [4.69, 9.17) is 14.2 Å². The van der Waals surface area contributed by atoms with Gasteiger partial charge in [0.05, 0.1) is 10.7 Å². The molecule has 20 heavy (non-hydrogen) atoms. The Balaban J connectivity index is 1.79. The van der Waals surface area contributed by atoms with Gasteiger partial charge in [-0.3, -0.25) is 0 Å². The minimum absolute atomic E-state index is 0.0332. The molecule has 4 unspecified atom stereocenters. The van der Waals surface area contributed by atoms with Gasteiger partial charge in [0.2, 0.25) is 0 Å². The first-order valence-corrected chi connectivity index (χ1v) is 9.64. The smallest absolute Gasteiger partial charge is 0.173 e. The van der Waals surface area contributed by atoms with E-state index in [1.165, 1.54) is 31.8 Å². The summed E-state index contributed by atoms with van der Waals surface area (Å²) in [5, 5.41) is -0.0664. The minimum Gasteiger partial charge on any atom is -0.339 e. The molecule has 0 amide bonds. The van der Waals surface area contributed by atoms with Crippen molar-refractivity contribution < 1.29 is 14.2 Å². The van der Waals surface area contributed by atoms with Gasteiger partial charge in [-0.05, 0) is 48.2 Å². The van der Waals surface area contributed by atoms with Crippen molar-refractivity contribution in [2.45, 2.75) is 95.4 Å². The zero-order valence-electron chi connectivity index (χ0n) is 13.6. The molecule has 4 fully saturated rings. The molecular weight excluding hydrogens is 271 g/mol. The van der Waals surface area contributed by atoms with Crippen LogP contribution >= 0.6 is 7.92 Å². The highest BCUT2D eigenvalue weighted by atomic mass is 31.1. The Morgan fingerprint density at radius 2 is 1.35 bits per heavy atom. The third kappa shape index (κ3) is 2.35. The normalized spacial score (nSPS) is 53.5. The van der Waals surface area contributed by atoms with E-state index >= 15 is 0 Å². The number of ether oxygens (including phenoxy) is 3. The molecule has 0 aromatic carbocycles. The monoisotopic (exact) mass is 300 g/mol. The van der Waals surface area contributed by atoms with Gasteiger partial charge in [-0.25, -0.2) is 0 Å². The van der Waals surface area contributed by atoms with E-state index in [2.05, 4.69) is 34.6 Å². The highest BCUT2D eigenvalue weighted by molar-refractivity contribution is 7.60. The van der Waals surface area contributed by atoms with Gasteiger partial charge in [-0.2, -0.15) is 0 Å². The van der Waals surface area contributed by atoms with Crippen LogP contribution in [0.5, 0.6) is 0 Å². The molecule has 0 N–H and O–H groups in total. The summed E-state index contributed by atoms with van der Waals surface area (Å²) in [6.45, 7) is 11.1. The average molecular weight is 300 g/mol. The predicted molar refractivity (Wildman–Crippen MR) is 82.0 cm³/mol. The largest absolute Gasteiger partial charge is 0.339 e. The summed E-state index contributed by atoms with van der Waals surface area (Å²) in [7, 11) is -0.275. The van der Waals surface area contributed by atoms with Crippen molar-refractivity contribution in [2.24, 2.45) is 0 Å². The Labute approximate surface area is 124 Å². The first kappa shape index (κ1) is 15.2. The van der Waals surface area contributed by atoms with Crippen molar-refractivity contribution in [3.8, 4) is 0 Å². The molecule has 3 nitrogen and oxygen atoms in total. The van der Waals surface area contributed by atoms with Crippen LogP contribution in [0.15, 0.2) is 0 Å². The summed E-state index contributed by atoms with van der Waals surface area (Å²) in [4.78, 5) is 0. The van der Waals surface area contributed by atoms with E-state index < -0.39 is 11.6 Å². The van der Waals surface area contributed by atoms with Gasteiger partial charge in [0.15, 0.2) is 11.6 Å². The van der Waals surface area contributed by atoms with Crippen molar-refractivity contribution in [3.63, 3.8) is 0 Å². The van der Waals surface area contributed by atoms with Crippen LogP contribution in [0.4, 0.5) is 0 Å². The van der Waals surface area contributed by atoms with Gasteiger partial charge in [0.1, 0.15) is 0 Å². The van der Waals surface area contributed by atoms with Crippen molar-refractivity contribution in [3.05, 3.63) is 0 Å². The van der Waals surface area contributed by atoms with Gasteiger partial charge in [0, 0.05) is 12.8 Å². The van der Waals surface area contributed by atoms with Gasteiger partial charge in [-0.1, -0.05) is 26.2 Å². The zero-order valence-corrected chi connectivity index (χ0v) is 14.5. The lowest BCUT2D eigenvalue weighted by molar-refractivity contribution is -0.468. The zero-order chi connectivity index (χ0) is 14.6. The van der Waals surface area contributed by atoms with E-state index in [-0.39, 0.29) is 18.6 Å². The maximum absolute atomic E-state index is 6.42. The second-order valence-electron chi connectivity index (χ2n) is 7.49. The number of hydrogen-bond donors (Lipinski definition) is 0. The predicted octanol–water partition coefficient (Wildman–Crippen LogP) is 4.78. The molecule has 4 rings (SSSR count). The van der Waals surface area contributed by atoms with Crippen molar-refractivity contribution >= 4 is 7.92 Å². The summed E-state index contributed by atoms with van der Waals surface area (Å²) in [6, 6.07) is 0. The lowest BCUT2D eigenvalue weighted by Crippen LogP contribution is -2.71. The SMILES string of the molecule is CCCCCCP1C2(C)CC3(C)OC(C)(CC1(C)O3)O2. The summed E-state index contributed by atoms with van der Waals surface area (Å²) in [5.74, 6) is -0.895. The topological polar surface area (TPSA) is 27.7 Å². The van der Waals surface area contributed by atoms with Crippen LogP contribution in [-0.2, 0) is 14.2 Å². The maximum Gasteiger partial charge on any atom is 0.173 e. The average Bonchev–Trinajstić information content (AvgIpc) is 2.21. The second-order valence-corrected chi connectivity index (χ2v) is 10.7. The molecule has 4 atom stereocenters. The summed E-state index contributed by atoms with van der Waals surface area (Å²) < 4.78 is 18.9. The van der Waals surface area contributed by atoms with Gasteiger partial charge in [-0.15, -0.1) is 0 Å². The van der Waals surface area contributed by atoms with Crippen LogP contribution in [0.3, 0.4) is 0 Å². The quantitative estimate of drug-likeness (QED) is 0.540. The van der Waals surface area contributed by atoms with Crippen LogP contribution in [-0.4, -0.2) is 28.4 Å². The van der Waals surface area contributed by atoms with Gasteiger partial charge < -0.3 is 14.2 Å². The number of unbranched alkanes of at least 4 members (excludes halogenated alkanes) is 3. The van der Waals surface area contributed by atoms with Crippen LogP contribution in [0.25, 0.3) is 0 Å². The van der Waals surface area contributed by atoms with Crippen molar-refractivity contribution in [2.75, 3.05) is 6.16 Å². The Morgan fingerprint density at radius 3 is 1.85 bits per heavy atom. The Morgan fingerprint density at radius 1 is 0.800 bits per heavy atom. The Kier molecular flexibility index (Phi) is 3.54. The lowest BCUT2D eigenvalue weighted by Gasteiger charge is -2.69. The molecular formula is C16H29O3P. The van der Waals surface area contributed by atoms with Gasteiger partial charge in [0.25, 0.3) is 0 Å². The van der Waals surface area contributed by atoms with Crippen molar-refractivity contribution in [1.29, 1.82) is 0 Å². The molecule has 116 valence electrons. The fourth-order valence-electron chi connectivity index (χ4n) is 4.81. The van der Waals surface area contributed by atoms with Crippen LogP contribution in [0.2, 0.25) is 0 Å². The minimum atomic E-state index is -0.447. The molecule has 0 aromatic rings. The fraction of sp³-hybridized carbons (Fsp3) is 1.00. The maximum atomic E-state index is 6.42. The number of rotatable bonds is 5. The highest BCUT2D eigenvalue weighted by Gasteiger charge is 2.70. The first-order chi connectivity index (χ1) is 9.23. The molecule has 4 heteroatoms. The van der Waals surface area contributed by atoms with E-state index in [0.717, 1.165) is 12.8 Å². The summed E-state index contributed by atoms with van der Waals surface area (Å²) in [5.41, 5.74) is 0. The Hall–Kier alpha value is 0.310. The van der Waals surface area contributed by atoms with Crippen molar-refractivity contribution in [1.82, 2.24) is 0 Å². The number of hydrogen-bond acceptors (Lipinski definition) is 3. The van der Waals surface area contributed by atoms with Gasteiger partial charge >= 0.3 is 0 Å². The summed E-state index contributed by atoms with van der Waals surface area (Å²) >= 11 is 0. The third-order valence-corrected chi connectivity index (χ3v) is 8.52.